The van der Waals surface area contributed by atoms with Gasteiger partial charge >= 0.3 is 0 Å². The van der Waals surface area contributed by atoms with Crippen LogP contribution in [0.2, 0.25) is 0 Å². The minimum absolute atomic E-state index is 0.00287. The number of nitrogens with zero attached hydrogens (tertiary/aromatic N) is 1. The highest BCUT2D eigenvalue weighted by Crippen LogP contribution is 2.66. The Kier molecular flexibility index (Phi) is 6.53. The van der Waals surface area contributed by atoms with Crippen molar-refractivity contribution in [1.29, 1.82) is 0 Å². The minimum Gasteiger partial charge on any atom is -0.394 e. The number of hydrogen-bond acceptors (Lipinski definition) is 5. The summed E-state index contributed by atoms with van der Waals surface area (Å²) in [6.07, 6.45) is 2.42. The number of rotatable bonds is 8. The quantitative estimate of drug-likeness (QED) is 0.542. The van der Waals surface area contributed by atoms with E-state index < -0.39 is 28.7 Å². The van der Waals surface area contributed by atoms with Crippen molar-refractivity contribution in [1.82, 2.24) is 15.5 Å². The molecule has 0 aromatic heterocycles. The van der Waals surface area contributed by atoms with Crippen molar-refractivity contribution in [2.24, 2.45) is 17.8 Å². The topological polar surface area (TPSA) is 98.7 Å². The van der Waals surface area contributed by atoms with Crippen LogP contribution in [0.3, 0.4) is 0 Å². The van der Waals surface area contributed by atoms with Crippen molar-refractivity contribution in [3.8, 4) is 0 Å². The van der Waals surface area contributed by atoms with Crippen molar-refractivity contribution in [2.75, 3.05) is 13.2 Å². The van der Waals surface area contributed by atoms with Gasteiger partial charge in [0.25, 0.3) is 0 Å². The maximum Gasteiger partial charge on any atom is 0.244 e. The number of thioether (sulfide) groups is 1. The fourth-order valence-electron chi connectivity index (χ4n) is 5.40. The molecular weight excluding hydrogens is 390 g/mol. The highest BCUT2D eigenvalue weighted by molar-refractivity contribution is 8.02. The lowest BCUT2D eigenvalue weighted by Crippen LogP contribution is -2.58. The van der Waals surface area contributed by atoms with E-state index in [-0.39, 0.29) is 41.5 Å². The van der Waals surface area contributed by atoms with E-state index in [1.807, 2.05) is 34.6 Å². The smallest absolute Gasteiger partial charge is 0.244 e. The average Bonchev–Trinajstić information content (AvgIpc) is 3.27. The van der Waals surface area contributed by atoms with Crippen LogP contribution in [0.25, 0.3) is 0 Å². The molecule has 3 rings (SSSR count). The van der Waals surface area contributed by atoms with E-state index in [0.29, 0.717) is 6.54 Å². The predicted octanol–water partition coefficient (Wildman–Crippen LogP) is 1.15. The predicted molar refractivity (Wildman–Crippen MR) is 113 cm³/mol. The molecule has 2 unspecified atom stereocenters. The number of carbonyl (C=O) groups is 3. The second kappa shape index (κ2) is 8.46. The molecule has 0 saturated carbocycles. The average molecular weight is 426 g/mol. The van der Waals surface area contributed by atoms with E-state index in [1.165, 1.54) is 0 Å². The summed E-state index contributed by atoms with van der Waals surface area (Å²) in [4.78, 5) is 41.6. The summed E-state index contributed by atoms with van der Waals surface area (Å²) in [5.41, 5.74) is 0. The Morgan fingerprint density at radius 3 is 2.52 bits per heavy atom. The number of hydrogen-bond donors (Lipinski definition) is 3. The normalized spacial score (nSPS) is 34.1. The fraction of sp³-hybridized carbons (Fsp3) is 0.857. The van der Waals surface area contributed by atoms with E-state index in [4.69, 9.17) is 0 Å². The monoisotopic (exact) mass is 425 g/mol. The largest absolute Gasteiger partial charge is 0.394 e. The molecule has 0 aliphatic carbocycles. The molecule has 0 radical (unpaired) electrons. The third-order valence-corrected chi connectivity index (χ3v) is 8.54. The van der Waals surface area contributed by atoms with Crippen LogP contribution in [0.4, 0.5) is 0 Å². The molecule has 29 heavy (non-hydrogen) atoms. The van der Waals surface area contributed by atoms with Crippen LogP contribution in [0.15, 0.2) is 0 Å². The second-order valence-corrected chi connectivity index (χ2v) is 10.9. The molecule has 3 aliphatic rings. The standard InChI is InChI=1S/C21H35N3O4S/c1-6-9-22-18(26)15-14-7-8-21(29-14)16(15)20(28)24(13(10-25)11(2)3)17(21)19(27)23-12(4)5/h11-17,25H,6-10H2,1-5H3,(H,22,26)(H,23,27)/t13-,14+,15-,16-,17?,21?/m0/s1. The minimum atomic E-state index is -0.652. The van der Waals surface area contributed by atoms with Gasteiger partial charge in [-0.15, -0.1) is 11.8 Å². The number of amides is 3. The Bertz CT molecular complexity index is 670. The van der Waals surface area contributed by atoms with Gasteiger partial charge in [-0.05, 0) is 39.0 Å². The van der Waals surface area contributed by atoms with Gasteiger partial charge in [0.1, 0.15) is 6.04 Å². The van der Waals surface area contributed by atoms with E-state index in [9.17, 15) is 19.5 Å². The van der Waals surface area contributed by atoms with E-state index in [0.717, 1.165) is 19.3 Å². The fourth-order valence-corrected chi connectivity index (χ4v) is 7.60. The molecule has 0 aromatic rings. The second-order valence-electron chi connectivity index (χ2n) is 9.25. The van der Waals surface area contributed by atoms with Gasteiger partial charge in [0.2, 0.25) is 17.7 Å². The summed E-state index contributed by atoms with van der Waals surface area (Å²) < 4.78 is -0.586. The van der Waals surface area contributed by atoms with Crippen molar-refractivity contribution in [2.45, 2.75) is 82.0 Å². The molecule has 3 saturated heterocycles. The van der Waals surface area contributed by atoms with Gasteiger partial charge in [0, 0.05) is 17.8 Å². The number of aliphatic hydroxyl groups excluding tert-OH is 1. The van der Waals surface area contributed by atoms with Crippen LogP contribution in [-0.4, -0.2) is 69.0 Å². The molecule has 3 N–H and O–H groups in total. The Morgan fingerprint density at radius 2 is 1.97 bits per heavy atom. The first kappa shape index (κ1) is 22.4. The molecule has 3 fully saturated rings. The number of carbonyl (C=O) groups excluding carboxylic acids is 3. The molecule has 0 aromatic carbocycles. The van der Waals surface area contributed by atoms with Crippen LogP contribution in [-0.2, 0) is 14.4 Å². The first-order valence-electron chi connectivity index (χ1n) is 10.9. The maximum atomic E-state index is 13.7. The molecule has 3 heterocycles. The molecule has 8 heteroatoms. The van der Waals surface area contributed by atoms with Crippen LogP contribution in [0, 0.1) is 17.8 Å². The zero-order valence-electron chi connectivity index (χ0n) is 18.1. The molecule has 1 spiro atoms. The molecule has 2 bridgehead atoms. The molecule has 3 amide bonds. The first-order valence-corrected chi connectivity index (χ1v) is 11.8. The lowest BCUT2D eigenvalue weighted by atomic mass is 9.70. The van der Waals surface area contributed by atoms with Crippen molar-refractivity contribution in [3.63, 3.8) is 0 Å². The number of fused-ring (bicyclic) bond motifs is 1. The SMILES string of the molecule is CCCNC(=O)[C@@H]1[C@H]2C(=O)N([C@@H](CO)C(C)C)C(C(=O)NC(C)C)C23CC[C@H]1S3. The van der Waals surface area contributed by atoms with Gasteiger partial charge in [-0.3, -0.25) is 14.4 Å². The van der Waals surface area contributed by atoms with Crippen molar-refractivity contribution >= 4 is 29.5 Å². The summed E-state index contributed by atoms with van der Waals surface area (Å²) in [5.74, 6) is -1.29. The molecule has 7 nitrogen and oxygen atoms in total. The van der Waals surface area contributed by atoms with Crippen LogP contribution in [0.5, 0.6) is 0 Å². The number of aliphatic hydroxyl groups is 1. The summed E-state index contributed by atoms with van der Waals surface area (Å²) in [5, 5.41) is 16.1. The Labute approximate surface area is 177 Å². The van der Waals surface area contributed by atoms with Gasteiger partial charge in [0.05, 0.1) is 29.2 Å². The van der Waals surface area contributed by atoms with Gasteiger partial charge in [-0.1, -0.05) is 20.8 Å². The summed E-state index contributed by atoms with van der Waals surface area (Å²) in [6.45, 7) is 10.1. The third kappa shape index (κ3) is 3.56. The molecule has 3 aliphatic heterocycles. The Morgan fingerprint density at radius 1 is 1.28 bits per heavy atom. The summed E-state index contributed by atoms with van der Waals surface area (Å²) >= 11 is 1.66. The lowest BCUT2D eigenvalue weighted by molar-refractivity contribution is -0.143. The number of nitrogens with one attached hydrogen (secondary N) is 2. The van der Waals surface area contributed by atoms with Crippen LogP contribution >= 0.6 is 11.8 Å². The van der Waals surface area contributed by atoms with Crippen LogP contribution in [0.1, 0.15) is 53.9 Å². The highest BCUT2D eigenvalue weighted by Gasteiger charge is 2.74. The zero-order valence-corrected chi connectivity index (χ0v) is 18.9. The Balaban J connectivity index is 2.03. The number of likely N-dealkylation sites (tertiary alicyclic amines) is 1. The van der Waals surface area contributed by atoms with E-state index in [1.54, 1.807) is 16.7 Å². The van der Waals surface area contributed by atoms with Crippen LogP contribution < -0.4 is 10.6 Å². The van der Waals surface area contributed by atoms with E-state index in [2.05, 4.69) is 10.6 Å². The summed E-state index contributed by atoms with van der Waals surface area (Å²) in [6, 6.07) is -1.14. The molecule has 6 atom stereocenters. The zero-order chi connectivity index (χ0) is 21.5. The van der Waals surface area contributed by atoms with Crippen molar-refractivity contribution < 1.29 is 19.5 Å². The first-order chi connectivity index (χ1) is 13.7. The maximum absolute atomic E-state index is 13.7. The molecule has 164 valence electrons. The molecular formula is C21H35N3O4S. The third-order valence-electron chi connectivity index (χ3n) is 6.58. The van der Waals surface area contributed by atoms with Gasteiger partial charge < -0.3 is 20.6 Å². The van der Waals surface area contributed by atoms with Crippen molar-refractivity contribution in [3.05, 3.63) is 0 Å². The summed E-state index contributed by atoms with van der Waals surface area (Å²) in [7, 11) is 0. The van der Waals surface area contributed by atoms with E-state index >= 15 is 0 Å². The van der Waals surface area contributed by atoms with Gasteiger partial charge in [-0.25, -0.2) is 0 Å². The van der Waals surface area contributed by atoms with Gasteiger partial charge in [-0.2, -0.15) is 0 Å². The highest BCUT2D eigenvalue weighted by atomic mass is 32.2. The lowest BCUT2D eigenvalue weighted by Gasteiger charge is -2.38. The van der Waals surface area contributed by atoms with Gasteiger partial charge in [0.15, 0.2) is 0 Å². The Hall–Kier alpha value is -1.28.